The number of aromatic nitrogens is 2. The van der Waals surface area contributed by atoms with E-state index in [-0.39, 0.29) is 0 Å². The molecule has 1 radical (unpaired) electrons. The van der Waals surface area contributed by atoms with E-state index >= 15 is 0 Å². The van der Waals surface area contributed by atoms with Gasteiger partial charge < -0.3 is 0 Å². The number of hydrogen-bond donors (Lipinski definition) is 0. The summed E-state index contributed by atoms with van der Waals surface area (Å²) in [5, 5.41) is 3.92. The van der Waals surface area contributed by atoms with E-state index in [1.165, 1.54) is 22.3 Å². The minimum Gasteiger partial charge on any atom is -0.143 e. The zero-order chi connectivity index (χ0) is 7.56. The molecule has 0 atom stereocenters. The van der Waals surface area contributed by atoms with Crippen molar-refractivity contribution in [1.29, 1.82) is 0 Å². The lowest BCUT2D eigenvalue weighted by atomic mass is 10.1. The topological polar surface area (TPSA) is 25.8 Å². The van der Waals surface area contributed by atoms with Crippen molar-refractivity contribution in [2.45, 2.75) is 27.2 Å². The molecular formula is C7H11N2S. The van der Waals surface area contributed by atoms with Crippen LogP contribution in [0.25, 0.3) is 0 Å². The fourth-order valence-electron chi connectivity index (χ4n) is 0.734. The van der Waals surface area contributed by atoms with Gasteiger partial charge in [0.15, 0.2) is 0 Å². The average Bonchev–Trinajstić information content (AvgIpc) is 2.15. The second kappa shape index (κ2) is 3.10. The minimum atomic E-state index is 1.03. The van der Waals surface area contributed by atoms with Gasteiger partial charge in [-0.3, -0.25) is 0 Å². The van der Waals surface area contributed by atoms with E-state index in [0.29, 0.717) is 0 Å². The number of hydrogen-bond acceptors (Lipinski definition) is 3. The van der Waals surface area contributed by atoms with Gasteiger partial charge in [-0.15, -0.1) is 5.10 Å². The van der Waals surface area contributed by atoms with E-state index < -0.39 is 0 Å². The molecule has 3 heteroatoms. The van der Waals surface area contributed by atoms with Gasteiger partial charge >= 0.3 is 0 Å². The van der Waals surface area contributed by atoms with Crippen LogP contribution in [-0.2, 0) is 6.42 Å². The summed E-state index contributed by atoms with van der Waals surface area (Å²) in [5.41, 5.74) is 1.08. The molecule has 0 fully saturated rings. The highest BCUT2D eigenvalue weighted by molar-refractivity contribution is 7.05. The molecule has 55 valence electrons. The number of nitrogens with zero attached hydrogens (tertiary/aromatic N) is 2. The van der Waals surface area contributed by atoms with Crippen LogP contribution in [0.1, 0.15) is 24.4 Å². The fraction of sp³-hybridized carbons (Fsp3) is 0.571. The van der Waals surface area contributed by atoms with E-state index in [1.54, 1.807) is 0 Å². The molecule has 0 aliphatic heterocycles. The zero-order valence-corrected chi connectivity index (χ0v) is 7.33. The lowest BCUT2D eigenvalue weighted by molar-refractivity contribution is 0.952. The Balaban J connectivity index is 2.65. The van der Waals surface area contributed by atoms with Crippen LogP contribution in [0.5, 0.6) is 0 Å². The first-order valence-corrected chi connectivity index (χ1v) is 4.04. The van der Waals surface area contributed by atoms with Crippen molar-refractivity contribution < 1.29 is 0 Å². The lowest BCUT2D eigenvalue weighted by Gasteiger charge is -1.98. The van der Waals surface area contributed by atoms with Crippen molar-refractivity contribution in [2.75, 3.05) is 0 Å². The maximum atomic E-state index is 3.92. The molecule has 0 aliphatic rings. The van der Waals surface area contributed by atoms with Gasteiger partial charge in [0, 0.05) is 4.88 Å². The molecule has 0 saturated carbocycles. The summed E-state index contributed by atoms with van der Waals surface area (Å²) in [6, 6.07) is 0. The zero-order valence-electron chi connectivity index (χ0n) is 6.51. The average molecular weight is 155 g/mol. The molecule has 0 aliphatic carbocycles. The normalized spacial score (nSPS) is 10.8. The molecule has 0 aromatic carbocycles. The molecule has 0 N–H and O–H groups in total. The Labute approximate surface area is 65.4 Å². The summed E-state index contributed by atoms with van der Waals surface area (Å²) in [6.07, 6.45) is 1.03. The van der Waals surface area contributed by atoms with Crippen LogP contribution in [0.15, 0.2) is 0 Å². The molecule has 1 rings (SSSR count). The highest BCUT2D eigenvalue weighted by atomic mass is 32.1. The molecule has 0 saturated heterocycles. The van der Waals surface area contributed by atoms with Crippen molar-refractivity contribution in [3.8, 4) is 0 Å². The Kier molecular flexibility index (Phi) is 2.38. The molecule has 2 nitrogen and oxygen atoms in total. The molecular weight excluding hydrogens is 144 g/mol. The summed E-state index contributed by atoms with van der Waals surface area (Å²) in [5.74, 6) is 1.41. The van der Waals surface area contributed by atoms with E-state index in [1.807, 2.05) is 6.92 Å². The summed E-state index contributed by atoms with van der Waals surface area (Å²) in [6.45, 7) is 6.25. The molecule has 1 aromatic heterocycles. The predicted octanol–water partition coefficient (Wildman–Crippen LogP) is 2.00. The van der Waals surface area contributed by atoms with Crippen LogP contribution in [0, 0.1) is 12.8 Å². The van der Waals surface area contributed by atoms with E-state index in [9.17, 15) is 0 Å². The SMILES string of the molecule is C[C](C)Cc1snnc1C. The van der Waals surface area contributed by atoms with Crippen molar-refractivity contribution in [3.05, 3.63) is 16.5 Å². The van der Waals surface area contributed by atoms with E-state index in [2.05, 4.69) is 23.4 Å². The van der Waals surface area contributed by atoms with Crippen LogP contribution in [0.4, 0.5) is 0 Å². The van der Waals surface area contributed by atoms with Crippen LogP contribution in [0.2, 0.25) is 0 Å². The first-order valence-electron chi connectivity index (χ1n) is 3.27. The van der Waals surface area contributed by atoms with Crippen LogP contribution in [0.3, 0.4) is 0 Å². The Bertz CT molecular complexity index is 205. The molecule has 0 bridgehead atoms. The van der Waals surface area contributed by atoms with E-state index in [0.717, 1.165) is 12.1 Å². The maximum Gasteiger partial charge on any atom is 0.0756 e. The minimum absolute atomic E-state index is 1.03. The monoisotopic (exact) mass is 155 g/mol. The molecule has 0 spiro atoms. The van der Waals surface area contributed by atoms with Crippen molar-refractivity contribution in [1.82, 2.24) is 9.59 Å². The fourth-order valence-corrected chi connectivity index (χ4v) is 1.52. The summed E-state index contributed by atoms with van der Waals surface area (Å²) in [4.78, 5) is 1.29. The van der Waals surface area contributed by atoms with Crippen molar-refractivity contribution in [3.63, 3.8) is 0 Å². The highest BCUT2D eigenvalue weighted by Crippen LogP contribution is 2.14. The van der Waals surface area contributed by atoms with Crippen LogP contribution in [-0.4, -0.2) is 9.59 Å². The van der Waals surface area contributed by atoms with E-state index in [4.69, 9.17) is 0 Å². The number of rotatable bonds is 2. The summed E-state index contributed by atoms with van der Waals surface area (Å²) < 4.78 is 3.85. The number of aryl methyl sites for hydroxylation is 1. The van der Waals surface area contributed by atoms with Crippen LogP contribution < -0.4 is 0 Å². The van der Waals surface area contributed by atoms with Gasteiger partial charge in [0.2, 0.25) is 0 Å². The maximum absolute atomic E-state index is 3.92. The van der Waals surface area contributed by atoms with Crippen molar-refractivity contribution in [2.24, 2.45) is 0 Å². The smallest absolute Gasteiger partial charge is 0.0756 e. The summed E-state index contributed by atoms with van der Waals surface area (Å²) >= 11 is 1.50. The Morgan fingerprint density at radius 3 is 2.60 bits per heavy atom. The molecule has 1 aromatic rings. The van der Waals surface area contributed by atoms with Crippen molar-refractivity contribution >= 4 is 11.5 Å². The molecule has 0 unspecified atom stereocenters. The third-order valence-electron chi connectivity index (χ3n) is 1.26. The molecule has 0 amide bonds. The quantitative estimate of drug-likeness (QED) is 0.653. The molecule has 10 heavy (non-hydrogen) atoms. The van der Waals surface area contributed by atoms with Gasteiger partial charge in [0.25, 0.3) is 0 Å². The van der Waals surface area contributed by atoms with Gasteiger partial charge in [0.05, 0.1) is 5.69 Å². The molecule has 1 heterocycles. The highest BCUT2D eigenvalue weighted by Gasteiger charge is 2.04. The second-order valence-corrected chi connectivity index (χ2v) is 3.50. The van der Waals surface area contributed by atoms with Gasteiger partial charge in [-0.1, -0.05) is 18.3 Å². The second-order valence-electron chi connectivity index (χ2n) is 2.67. The first kappa shape index (κ1) is 7.66. The Morgan fingerprint density at radius 1 is 1.50 bits per heavy atom. The standard InChI is InChI=1S/C7H11N2S/c1-5(2)4-7-6(3)8-9-10-7/h4H2,1-3H3. The van der Waals surface area contributed by atoms with Gasteiger partial charge in [-0.25, -0.2) is 0 Å². The predicted molar refractivity (Wildman–Crippen MR) is 42.9 cm³/mol. The Hall–Kier alpha value is -0.440. The largest absolute Gasteiger partial charge is 0.143 e. The lowest BCUT2D eigenvalue weighted by Crippen LogP contribution is -1.90. The van der Waals surface area contributed by atoms with Gasteiger partial charge in [-0.2, -0.15) is 0 Å². The third kappa shape index (κ3) is 1.77. The summed E-state index contributed by atoms with van der Waals surface area (Å²) in [7, 11) is 0. The van der Waals surface area contributed by atoms with Gasteiger partial charge in [-0.05, 0) is 30.8 Å². The van der Waals surface area contributed by atoms with Crippen LogP contribution >= 0.6 is 11.5 Å². The third-order valence-corrected chi connectivity index (χ3v) is 2.08. The Morgan fingerprint density at radius 2 is 2.20 bits per heavy atom. The first-order chi connectivity index (χ1) is 4.70. The van der Waals surface area contributed by atoms with Gasteiger partial charge in [0.1, 0.15) is 0 Å².